The lowest BCUT2D eigenvalue weighted by atomic mass is 9.91. The van der Waals surface area contributed by atoms with Crippen LogP contribution >= 0.6 is 0 Å². The molecule has 3 aromatic rings. The van der Waals surface area contributed by atoms with Gasteiger partial charge in [0.05, 0.1) is 26.5 Å². The van der Waals surface area contributed by atoms with Crippen LogP contribution in [0.25, 0.3) is 5.69 Å². The van der Waals surface area contributed by atoms with E-state index in [1.165, 1.54) is 5.56 Å². The second kappa shape index (κ2) is 8.68. The molecule has 2 unspecified atom stereocenters. The van der Waals surface area contributed by atoms with Gasteiger partial charge in [-0.25, -0.2) is 4.68 Å². The van der Waals surface area contributed by atoms with Crippen molar-refractivity contribution in [2.45, 2.75) is 25.0 Å². The molecule has 2 heterocycles. The van der Waals surface area contributed by atoms with Crippen molar-refractivity contribution in [1.29, 1.82) is 0 Å². The van der Waals surface area contributed by atoms with Crippen molar-refractivity contribution in [2.75, 3.05) is 27.3 Å². The van der Waals surface area contributed by atoms with Crippen LogP contribution in [0.1, 0.15) is 23.5 Å². The van der Waals surface area contributed by atoms with Gasteiger partial charge in [-0.15, -0.1) is 0 Å². The Balaban J connectivity index is 1.54. The lowest BCUT2D eigenvalue weighted by Gasteiger charge is -2.35. The number of rotatable bonds is 6. The lowest BCUT2D eigenvalue weighted by molar-refractivity contribution is 0.0549. The number of likely N-dealkylation sites (tertiary alicyclic amines) is 1. The highest BCUT2D eigenvalue weighted by Gasteiger charge is 2.28. The van der Waals surface area contributed by atoms with Crippen molar-refractivity contribution in [3.05, 3.63) is 72.1 Å². The van der Waals surface area contributed by atoms with Crippen molar-refractivity contribution < 1.29 is 14.6 Å². The van der Waals surface area contributed by atoms with Gasteiger partial charge in [0.25, 0.3) is 0 Å². The average Bonchev–Trinajstić information content (AvgIpc) is 3.24. The molecule has 4 rings (SSSR count). The quantitative estimate of drug-likeness (QED) is 0.697. The van der Waals surface area contributed by atoms with Crippen LogP contribution in [0.15, 0.2) is 60.9 Å². The maximum Gasteiger partial charge on any atom is 0.144 e. The number of aliphatic hydroxyl groups is 1. The van der Waals surface area contributed by atoms with E-state index in [1.807, 2.05) is 41.3 Å². The first-order chi connectivity index (χ1) is 14.2. The maximum atomic E-state index is 10.5. The van der Waals surface area contributed by atoms with E-state index in [0.29, 0.717) is 6.54 Å². The van der Waals surface area contributed by atoms with Gasteiger partial charge in [-0.05, 0) is 29.7 Å². The number of nitrogens with zero attached hydrogens (tertiary/aromatic N) is 3. The molecule has 1 aromatic heterocycles. The maximum absolute atomic E-state index is 10.5. The molecule has 0 radical (unpaired) electrons. The first kappa shape index (κ1) is 19.5. The van der Waals surface area contributed by atoms with Gasteiger partial charge in [0.15, 0.2) is 0 Å². The van der Waals surface area contributed by atoms with E-state index in [-0.39, 0.29) is 12.0 Å². The molecule has 0 spiro atoms. The van der Waals surface area contributed by atoms with Gasteiger partial charge in [-0.2, -0.15) is 5.10 Å². The van der Waals surface area contributed by atoms with Gasteiger partial charge in [0.2, 0.25) is 0 Å². The summed E-state index contributed by atoms with van der Waals surface area (Å²) in [4.78, 5) is 2.32. The number of methoxy groups -OCH3 is 2. The van der Waals surface area contributed by atoms with Gasteiger partial charge < -0.3 is 14.6 Å². The van der Waals surface area contributed by atoms with E-state index in [1.54, 1.807) is 14.2 Å². The molecule has 0 bridgehead atoms. The van der Waals surface area contributed by atoms with E-state index in [2.05, 4.69) is 34.3 Å². The number of hydrogen-bond donors (Lipinski definition) is 1. The third-order valence-electron chi connectivity index (χ3n) is 5.46. The summed E-state index contributed by atoms with van der Waals surface area (Å²) < 4.78 is 12.7. The smallest absolute Gasteiger partial charge is 0.144 e. The zero-order chi connectivity index (χ0) is 20.2. The summed E-state index contributed by atoms with van der Waals surface area (Å²) in [5, 5.41) is 15.0. The number of ether oxygens (including phenoxy) is 2. The summed E-state index contributed by atoms with van der Waals surface area (Å²) in [5.74, 6) is 1.71. The van der Waals surface area contributed by atoms with E-state index in [0.717, 1.165) is 42.3 Å². The summed E-state index contributed by atoms with van der Waals surface area (Å²) >= 11 is 0. The molecular weight excluding hydrogens is 366 g/mol. The Labute approximate surface area is 171 Å². The van der Waals surface area contributed by atoms with Crippen molar-refractivity contribution in [2.24, 2.45) is 0 Å². The minimum atomic E-state index is -0.341. The summed E-state index contributed by atoms with van der Waals surface area (Å²) in [6, 6.07) is 16.0. The van der Waals surface area contributed by atoms with E-state index < -0.39 is 0 Å². The monoisotopic (exact) mass is 393 g/mol. The molecule has 0 aliphatic carbocycles. The minimum absolute atomic E-state index is 0.229. The zero-order valence-corrected chi connectivity index (χ0v) is 16.9. The Morgan fingerprint density at radius 1 is 1.07 bits per heavy atom. The Bertz CT molecular complexity index is 942. The largest absolute Gasteiger partial charge is 0.497 e. The summed E-state index contributed by atoms with van der Waals surface area (Å²) in [6.07, 6.45) is 4.32. The Morgan fingerprint density at radius 3 is 2.66 bits per heavy atom. The Kier molecular flexibility index (Phi) is 5.83. The summed E-state index contributed by atoms with van der Waals surface area (Å²) in [7, 11) is 3.29. The van der Waals surface area contributed by atoms with Crippen LogP contribution in [0, 0.1) is 0 Å². The number of β-amino-alcohol motifs (C(OH)–C–C–N with tert-alkyl or cyclic N) is 1. The van der Waals surface area contributed by atoms with E-state index in [9.17, 15) is 5.11 Å². The molecule has 1 aliphatic heterocycles. The number of aliphatic hydroxyl groups excluding tert-OH is 1. The predicted molar refractivity (Wildman–Crippen MR) is 112 cm³/mol. The standard InChI is InChI=1S/C23H27N3O3/c1-28-21-8-9-23(29-2)22(11-21)26-15-19(12-24-26)18-10-20(27)16-25(14-18)13-17-6-4-3-5-7-17/h3-9,11-12,15,18,20,27H,10,13-14,16H2,1-2H3. The van der Waals surface area contributed by atoms with Crippen molar-refractivity contribution in [3.8, 4) is 17.2 Å². The molecule has 2 aromatic carbocycles. The van der Waals surface area contributed by atoms with Crippen LogP contribution < -0.4 is 9.47 Å². The summed E-state index contributed by atoms with van der Waals surface area (Å²) in [6.45, 7) is 2.43. The van der Waals surface area contributed by atoms with Gasteiger partial charge in [-0.1, -0.05) is 30.3 Å². The van der Waals surface area contributed by atoms with Crippen molar-refractivity contribution in [3.63, 3.8) is 0 Å². The highest BCUT2D eigenvalue weighted by Crippen LogP contribution is 2.31. The topological polar surface area (TPSA) is 59.8 Å². The molecule has 1 fully saturated rings. The van der Waals surface area contributed by atoms with Crippen LogP contribution in [-0.2, 0) is 6.54 Å². The van der Waals surface area contributed by atoms with Gasteiger partial charge >= 0.3 is 0 Å². The molecule has 1 aliphatic rings. The number of aromatic nitrogens is 2. The molecule has 1 N–H and O–H groups in total. The van der Waals surface area contributed by atoms with Crippen LogP contribution in [0.3, 0.4) is 0 Å². The third kappa shape index (κ3) is 4.44. The highest BCUT2D eigenvalue weighted by atomic mass is 16.5. The zero-order valence-electron chi connectivity index (χ0n) is 16.9. The highest BCUT2D eigenvalue weighted by molar-refractivity contribution is 5.51. The first-order valence-electron chi connectivity index (χ1n) is 9.87. The van der Waals surface area contributed by atoms with Crippen LogP contribution in [-0.4, -0.2) is 53.2 Å². The molecule has 0 saturated carbocycles. The first-order valence-corrected chi connectivity index (χ1v) is 9.87. The van der Waals surface area contributed by atoms with Gasteiger partial charge in [0, 0.05) is 37.8 Å². The SMILES string of the molecule is COc1ccc(OC)c(-n2cc(C3CC(O)CN(Cc4ccccc4)C3)cn2)c1. The fourth-order valence-electron chi connectivity index (χ4n) is 4.03. The Morgan fingerprint density at radius 2 is 1.90 bits per heavy atom. The average molecular weight is 393 g/mol. The molecule has 2 atom stereocenters. The minimum Gasteiger partial charge on any atom is -0.497 e. The number of hydrogen-bond acceptors (Lipinski definition) is 5. The molecule has 6 nitrogen and oxygen atoms in total. The van der Waals surface area contributed by atoms with Crippen LogP contribution in [0.5, 0.6) is 11.5 Å². The van der Waals surface area contributed by atoms with Crippen molar-refractivity contribution >= 4 is 0 Å². The summed E-state index contributed by atoms with van der Waals surface area (Å²) in [5.41, 5.74) is 3.21. The normalized spacial score (nSPS) is 19.8. The fraction of sp³-hybridized carbons (Fsp3) is 0.348. The molecular formula is C23H27N3O3. The Hall–Kier alpha value is -2.83. The molecule has 29 heavy (non-hydrogen) atoms. The molecule has 152 valence electrons. The lowest BCUT2D eigenvalue weighted by Crippen LogP contribution is -2.41. The fourth-order valence-corrected chi connectivity index (χ4v) is 4.03. The second-order valence-corrected chi connectivity index (χ2v) is 7.52. The molecule has 6 heteroatoms. The van der Waals surface area contributed by atoms with Crippen LogP contribution in [0.4, 0.5) is 0 Å². The molecule has 1 saturated heterocycles. The van der Waals surface area contributed by atoms with Crippen molar-refractivity contribution in [1.82, 2.24) is 14.7 Å². The van der Waals surface area contributed by atoms with E-state index in [4.69, 9.17) is 9.47 Å². The number of piperidine rings is 1. The van der Waals surface area contributed by atoms with Gasteiger partial charge in [0.1, 0.15) is 17.2 Å². The van der Waals surface area contributed by atoms with Crippen LogP contribution in [0.2, 0.25) is 0 Å². The third-order valence-corrected chi connectivity index (χ3v) is 5.46. The number of benzene rings is 2. The predicted octanol–water partition coefficient (Wildman–Crippen LogP) is 3.24. The van der Waals surface area contributed by atoms with Gasteiger partial charge in [-0.3, -0.25) is 4.90 Å². The van der Waals surface area contributed by atoms with E-state index >= 15 is 0 Å². The second-order valence-electron chi connectivity index (χ2n) is 7.52. The molecule has 0 amide bonds.